The van der Waals surface area contributed by atoms with Crippen molar-refractivity contribution in [3.63, 3.8) is 0 Å². The number of urea groups is 1. The van der Waals surface area contributed by atoms with Gasteiger partial charge < -0.3 is 25.0 Å². The minimum atomic E-state index is -1.14. The van der Waals surface area contributed by atoms with Crippen molar-refractivity contribution in [2.75, 3.05) is 34.3 Å². The van der Waals surface area contributed by atoms with Crippen LogP contribution in [0, 0.1) is 11.8 Å². The first-order valence-corrected chi connectivity index (χ1v) is 21.8. The zero-order chi connectivity index (χ0) is 40.1. The second-order valence-corrected chi connectivity index (χ2v) is 18.3. The van der Waals surface area contributed by atoms with Crippen LogP contribution in [0.25, 0.3) is 0 Å². The number of likely N-dealkylation sites (N-methyl/N-ethyl adjacent to an activating group) is 2. The Labute approximate surface area is 344 Å². The van der Waals surface area contributed by atoms with Gasteiger partial charge in [-0.05, 0) is 148 Å². The molecule has 0 unspecified atom stereocenters. The molecule has 2 saturated carbocycles. The Hall–Kier alpha value is -4.66. The molecule has 3 heterocycles. The Morgan fingerprint density at radius 2 is 1.17 bits per heavy atom. The molecule has 3 saturated heterocycles. The first-order chi connectivity index (χ1) is 28.2. The number of aromatic hydroxyl groups is 1. The smallest absolute Gasteiger partial charge is 0.322 e. The van der Waals surface area contributed by atoms with Crippen molar-refractivity contribution >= 4 is 11.9 Å². The van der Waals surface area contributed by atoms with Crippen molar-refractivity contribution in [1.82, 2.24) is 20.4 Å². The Bertz CT molecular complexity index is 2100. The van der Waals surface area contributed by atoms with Crippen LogP contribution in [-0.2, 0) is 34.0 Å². The molecule has 304 valence electrons. The van der Waals surface area contributed by atoms with E-state index in [2.05, 4.69) is 64.9 Å². The highest BCUT2D eigenvalue weighted by Crippen LogP contribution is 2.57. The van der Waals surface area contributed by atoms with Crippen molar-refractivity contribution in [2.45, 2.75) is 106 Å². The van der Waals surface area contributed by atoms with Gasteiger partial charge in [0.2, 0.25) is 0 Å². The number of nitrogens with one attached hydrogen (secondary N) is 2. The monoisotopic (exact) mass is 780 g/mol. The number of nitrogens with zero attached hydrogens (tertiary/aromatic N) is 2. The van der Waals surface area contributed by atoms with E-state index in [9.17, 15) is 14.7 Å². The molecule has 7 aliphatic rings. The number of phenolic OH excluding ortho intramolecular Hbond substituents is 1. The van der Waals surface area contributed by atoms with E-state index in [0.29, 0.717) is 16.6 Å². The predicted molar refractivity (Wildman–Crippen MR) is 228 cm³/mol. The number of phenols is 1. The third-order valence-corrected chi connectivity index (χ3v) is 15.7. The maximum absolute atomic E-state index is 12.3. The van der Waals surface area contributed by atoms with Gasteiger partial charge in [-0.25, -0.2) is 4.79 Å². The molecule has 11 rings (SSSR count). The molecule has 8 nitrogen and oxygen atoms in total. The highest BCUT2D eigenvalue weighted by Gasteiger charge is 2.54. The van der Waals surface area contributed by atoms with Crippen LogP contribution in [0.4, 0.5) is 4.79 Å². The fourth-order valence-electron chi connectivity index (χ4n) is 12.9. The molecular formula is C50H60N4O4. The highest BCUT2D eigenvalue weighted by molar-refractivity contribution is 6.09. The van der Waals surface area contributed by atoms with E-state index in [0.717, 1.165) is 40.8 Å². The maximum Gasteiger partial charge on any atom is 0.322 e. The number of carbonyl (C=O) groups is 2. The van der Waals surface area contributed by atoms with E-state index in [-0.39, 0.29) is 5.91 Å². The van der Waals surface area contributed by atoms with Crippen LogP contribution in [0.3, 0.4) is 0 Å². The van der Waals surface area contributed by atoms with Gasteiger partial charge in [0.25, 0.3) is 5.91 Å². The van der Waals surface area contributed by atoms with E-state index in [4.69, 9.17) is 4.74 Å². The van der Waals surface area contributed by atoms with Crippen LogP contribution < -0.4 is 15.4 Å². The number of amides is 3. The van der Waals surface area contributed by atoms with Gasteiger partial charge in [-0.3, -0.25) is 10.1 Å². The maximum atomic E-state index is 12.3. The number of methoxy groups -OCH3 is 1. The van der Waals surface area contributed by atoms with Crippen molar-refractivity contribution < 1.29 is 19.4 Å². The van der Waals surface area contributed by atoms with Crippen LogP contribution in [0.1, 0.15) is 97.6 Å². The number of benzene rings is 4. The average molecular weight is 781 g/mol. The molecule has 4 aromatic carbocycles. The third kappa shape index (κ3) is 6.42. The van der Waals surface area contributed by atoms with Crippen molar-refractivity contribution in [3.05, 3.63) is 130 Å². The first-order valence-electron chi connectivity index (χ1n) is 21.8. The molecule has 5 fully saturated rings. The van der Waals surface area contributed by atoms with Gasteiger partial charge in [-0.1, -0.05) is 98.5 Å². The second kappa shape index (κ2) is 15.5. The first kappa shape index (κ1) is 38.8. The third-order valence-electron chi connectivity index (χ3n) is 15.7. The van der Waals surface area contributed by atoms with E-state index >= 15 is 0 Å². The lowest BCUT2D eigenvalue weighted by molar-refractivity contribution is -0.122. The molecule has 0 radical (unpaired) electrons. The lowest BCUT2D eigenvalue weighted by Gasteiger charge is -2.58. The minimum absolute atomic E-state index is 0.352. The number of rotatable bonds is 3. The van der Waals surface area contributed by atoms with E-state index in [1.807, 2.05) is 66.7 Å². The molecule has 0 aromatic heterocycles. The van der Waals surface area contributed by atoms with Crippen LogP contribution in [-0.4, -0.2) is 73.2 Å². The summed E-state index contributed by atoms with van der Waals surface area (Å²) in [5, 5.41) is 15.0. The number of piperidine rings is 2. The summed E-state index contributed by atoms with van der Waals surface area (Å²) in [5.74, 6) is 2.83. The van der Waals surface area contributed by atoms with Gasteiger partial charge in [0.15, 0.2) is 5.54 Å². The summed E-state index contributed by atoms with van der Waals surface area (Å²) in [5.41, 5.74) is 7.37. The molecule has 4 bridgehead atoms. The SMILES string of the molecule is CN1CC[C@@]23CCCC[C@@H]2[C@@H]1Cc1ccc(O)cc13.COc1ccc2c(c1)[C@]13CCCC[C@@H]1[C@H](C2)N(C)CC3.O=C1NC(=O)C(c2ccccc2)(c2ccccc2)N1. The quantitative estimate of drug-likeness (QED) is 0.182. The molecule has 4 aromatic rings. The molecular weight excluding hydrogens is 721 g/mol. The van der Waals surface area contributed by atoms with Crippen LogP contribution in [0.2, 0.25) is 0 Å². The molecule has 8 heteroatoms. The number of hydrogen-bond donors (Lipinski definition) is 3. The number of carbonyl (C=O) groups excluding carboxylic acids is 2. The van der Waals surface area contributed by atoms with E-state index < -0.39 is 11.6 Å². The second-order valence-electron chi connectivity index (χ2n) is 18.3. The zero-order valence-electron chi connectivity index (χ0n) is 34.5. The molecule has 3 N–H and O–H groups in total. The minimum Gasteiger partial charge on any atom is -0.508 e. The Balaban J connectivity index is 0.000000113. The topological polar surface area (TPSA) is 94.1 Å². The fourth-order valence-corrected chi connectivity index (χ4v) is 12.9. The van der Waals surface area contributed by atoms with Gasteiger partial charge in [0.05, 0.1) is 7.11 Å². The lowest BCUT2D eigenvalue weighted by atomic mass is 9.52. The summed E-state index contributed by atoms with van der Waals surface area (Å²) in [6.07, 6.45) is 16.1. The molecule has 4 aliphatic carbocycles. The van der Waals surface area contributed by atoms with E-state index in [1.54, 1.807) is 18.2 Å². The van der Waals surface area contributed by atoms with Crippen molar-refractivity contribution in [1.29, 1.82) is 0 Å². The van der Waals surface area contributed by atoms with Crippen LogP contribution in [0.15, 0.2) is 97.1 Å². The Kier molecular flexibility index (Phi) is 10.4. The summed E-state index contributed by atoms with van der Waals surface area (Å²) in [7, 11) is 6.42. The Morgan fingerprint density at radius 1 is 0.655 bits per heavy atom. The fraction of sp³-hybridized carbons (Fsp3) is 0.480. The predicted octanol–water partition coefficient (Wildman–Crippen LogP) is 8.23. The van der Waals surface area contributed by atoms with Gasteiger partial charge in [0, 0.05) is 22.9 Å². The Morgan fingerprint density at radius 3 is 1.67 bits per heavy atom. The van der Waals surface area contributed by atoms with Crippen LogP contribution in [0.5, 0.6) is 11.5 Å². The number of likely N-dealkylation sites (tertiary alicyclic amines) is 2. The van der Waals surface area contributed by atoms with Gasteiger partial charge >= 0.3 is 6.03 Å². The normalized spacial score (nSPS) is 30.3. The lowest BCUT2D eigenvalue weighted by Crippen LogP contribution is -2.59. The number of fused-ring (bicyclic) bond motifs is 2. The molecule has 6 atom stereocenters. The summed E-state index contributed by atoms with van der Waals surface area (Å²) in [6.45, 7) is 2.48. The number of ether oxygens (including phenoxy) is 1. The zero-order valence-corrected chi connectivity index (χ0v) is 34.5. The average Bonchev–Trinajstić information content (AvgIpc) is 3.58. The molecule has 3 amide bonds. The number of hydrogen-bond acceptors (Lipinski definition) is 6. The van der Waals surface area contributed by atoms with Gasteiger partial charge in [0.1, 0.15) is 11.5 Å². The summed E-state index contributed by atoms with van der Waals surface area (Å²) in [4.78, 5) is 29.1. The molecule has 58 heavy (non-hydrogen) atoms. The largest absolute Gasteiger partial charge is 0.508 e. The number of imide groups is 1. The highest BCUT2D eigenvalue weighted by atomic mass is 16.5. The standard InChI is InChI=1S/C18H25NO.C17H23NO.C15H12N2O2/c1-19-10-9-18-8-4-3-5-15(18)17(19)11-13-6-7-14(20-2)12-16(13)18;1-18-9-8-17-7-3-2-4-14(17)16(18)10-12-5-6-13(19)11-15(12)17;18-13-15(17-14(19)16-13,11-7-3-1-4-8-11)12-9-5-2-6-10-12/h6-7,12,15,17H,3-5,8-11H2,1-2H3;5-6,11,14,16,19H,2-4,7-10H2,1H3;1-10H,(H2,16,17,18,19)/t15-,17+,18+;14-,16+,17+;/m11./s1. The summed E-state index contributed by atoms with van der Waals surface area (Å²) >= 11 is 0. The summed E-state index contributed by atoms with van der Waals surface area (Å²) < 4.78 is 5.51. The summed E-state index contributed by atoms with van der Waals surface area (Å²) in [6, 6.07) is 32.4. The van der Waals surface area contributed by atoms with E-state index in [1.165, 1.54) is 101 Å². The van der Waals surface area contributed by atoms with Crippen molar-refractivity contribution in [2.24, 2.45) is 11.8 Å². The molecule has 3 aliphatic heterocycles. The van der Waals surface area contributed by atoms with Crippen molar-refractivity contribution in [3.8, 4) is 11.5 Å². The molecule has 0 spiro atoms. The van der Waals surface area contributed by atoms with Gasteiger partial charge in [-0.15, -0.1) is 0 Å². The van der Waals surface area contributed by atoms with Gasteiger partial charge in [-0.2, -0.15) is 0 Å². The van der Waals surface area contributed by atoms with Crippen LogP contribution >= 0.6 is 0 Å².